The molecule has 0 aliphatic rings. The summed E-state index contributed by atoms with van der Waals surface area (Å²) in [4.78, 5) is 24.7. The summed E-state index contributed by atoms with van der Waals surface area (Å²) in [6, 6.07) is 22.6. The molecule has 0 radical (unpaired) electrons. The SMILES string of the molecule is CCc1cccc(CC)c1NC(=O)COc1ccc(C(=O)NCc2ccccc2)cc1. The van der Waals surface area contributed by atoms with E-state index in [4.69, 9.17) is 4.74 Å². The van der Waals surface area contributed by atoms with E-state index in [1.54, 1.807) is 24.3 Å². The molecule has 5 nitrogen and oxygen atoms in total. The highest BCUT2D eigenvalue weighted by atomic mass is 16.5. The lowest BCUT2D eigenvalue weighted by Gasteiger charge is -2.14. The van der Waals surface area contributed by atoms with Gasteiger partial charge in [-0.25, -0.2) is 0 Å². The lowest BCUT2D eigenvalue weighted by molar-refractivity contribution is -0.118. The first-order valence-corrected chi connectivity index (χ1v) is 10.6. The number of rotatable bonds is 9. The van der Waals surface area contributed by atoms with Gasteiger partial charge in [-0.05, 0) is 53.8 Å². The van der Waals surface area contributed by atoms with Gasteiger partial charge >= 0.3 is 0 Å². The number of anilines is 1. The molecule has 31 heavy (non-hydrogen) atoms. The molecule has 0 heterocycles. The van der Waals surface area contributed by atoms with Crippen LogP contribution in [0.2, 0.25) is 0 Å². The highest BCUT2D eigenvalue weighted by Gasteiger charge is 2.11. The van der Waals surface area contributed by atoms with Gasteiger partial charge in [0.25, 0.3) is 11.8 Å². The minimum absolute atomic E-state index is 0.0965. The van der Waals surface area contributed by atoms with E-state index in [0.717, 1.165) is 35.2 Å². The van der Waals surface area contributed by atoms with Crippen molar-refractivity contribution in [2.45, 2.75) is 33.2 Å². The Balaban J connectivity index is 1.52. The van der Waals surface area contributed by atoms with Gasteiger partial charge < -0.3 is 15.4 Å². The van der Waals surface area contributed by atoms with Crippen molar-refractivity contribution in [2.24, 2.45) is 0 Å². The fourth-order valence-corrected chi connectivity index (χ4v) is 3.31. The number of hydrogen-bond donors (Lipinski definition) is 2. The van der Waals surface area contributed by atoms with E-state index in [1.165, 1.54) is 0 Å². The van der Waals surface area contributed by atoms with Gasteiger partial charge in [0.1, 0.15) is 5.75 Å². The average molecular weight is 417 g/mol. The molecule has 0 saturated heterocycles. The van der Waals surface area contributed by atoms with Crippen LogP contribution < -0.4 is 15.4 Å². The first-order valence-electron chi connectivity index (χ1n) is 10.6. The van der Waals surface area contributed by atoms with Crippen LogP contribution in [0.5, 0.6) is 5.75 Å². The number of carbonyl (C=O) groups is 2. The van der Waals surface area contributed by atoms with E-state index in [2.05, 4.69) is 24.5 Å². The topological polar surface area (TPSA) is 67.4 Å². The Kier molecular flexibility index (Phi) is 7.82. The van der Waals surface area contributed by atoms with E-state index >= 15 is 0 Å². The zero-order valence-electron chi connectivity index (χ0n) is 18.0. The maximum atomic E-state index is 12.4. The molecule has 0 atom stereocenters. The molecular formula is C26H28N2O3. The monoisotopic (exact) mass is 416 g/mol. The molecule has 0 saturated carbocycles. The second kappa shape index (κ2) is 11.0. The minimum Gasteiger partial charge on any atom is -0.484 e. The third-order valence-corrected chi connectivity index (χ3v) is 5.05. The number of amides is 2. The first-order chi connectivity index (χ1) is 15.1. The Morgan fingerprint density at radius 3 is 2.06 bits per heavy atom. The number of hydrogen-bond acceptors (Lipinski definition) is 3. The van der Waals surface area contributed by atoms with Crippen molar-refractivity contribution in [1.29, 1.82) is 0 Å². The van der Waals surface area contributed by atoms with Crippen molar-refractivity contribution in [3.8, 4) is 5.75 Å². The normalized spacial score (nSPS) is 10.4. The summed E-state index contributed by atoms with van der Waals surface area (Å²) in [5, 5.41) is 5.88. The standard InChI is InChI=1S/C26H28N2O3/c1-3-20-11-8-12-21(4-2)25(20)28-24(29)18-31-23-15-13-22(14-16-23)26(30)27-17-19-9-6-5-7-10-19/h5-16H,3-4,17-18H2,1-2H3,(H,27,30)(H,28,29). The highest BCUT2D eigenvalue weighted by molar-refractivity contribution is 5.94. The van der Waals surface area contributed by atoms with E-state index in [-0.39, 0.29) is 18.4 Å². The number of ether oxygens (including phenoxy) is 1. The maximum absolute atomic E-state index is 12.4. The molecule has 2 amide bonds. The van der Waals surface area contributed by atoms with Gasteiger partial charge in [-0.3, -0.25) is 9.59 Å². The highest BCUT2D eigenvalue weighted by Crippen LogP contribution is 2.22. The number of benzene rings is 3. The molecule has 160 valence electrons. The van der Waals surface area contributed by atoms with Gasteiger partial charge in [-0.1, -0.05) is 62.4 Å². The third-order valence-electron chi connectivity index (χ3n) is 5.05. The Morgan fingerprint density at radius 2 is 1.45 bits per heavy atom. The zero-order chi connectivity index (χ0) is 22.1. The van der Waals surface area contributed by atoms with Crippen LogP contribution in [-0.2, 0) is 24.2 Å². The van der Waals surface area contributed by atoms with Gasteiger partial charge in [-0.15, -0.1) is 0 Å². The van der Waals surface area contributed by atoms with Gasteiger partial charge in [-0.2, -0.15) is 0 Å². The van der Waals surface area contributed by atoms with Gasteiger partial charge in [0, 0.05) is 17.8 Å². The molecular weight excluding hydrogens is 388 g/mol. The van der Waals surface area contributed by atoms with Crippen LogP contribution >= 0.6 is 0 Å². The van der Waals surface area contributed by atoms with E-state index < -0.39 is 0 Å². The minimum atomic E-state index is -0.208. The number of carbonyl (C=O) groups excluding carboxylic acids is 2. The smallest absolute Gasteiger partial charge is 0.262 e. The fourth-order valence-electron chi connectivity index (χ4n) is 3.31. The predicted octanol–water partition coefficient (Wildman–Crippen LogP) is 4.76. The Labute approximate surface area is 183 Å². The van der Waals surface area contributed by atoms with Crippen molar-refractivity contribution < 1.29 is 14.3 Å². The molecule has 5 heteroatoms. The molecule has 3 aromatic rings. The van der Waals surface area contributed by atoms with E-state index in [0.29, 0.717) is 17.9 Å². The summed E-state index contributed by atoms with van der Waals surface area (Å²) < 4.78 is 5.61. The zero-order valence-corrected chi connectivity index (χ0v) is 18.0. The molecule has 2 N–H and O–H groups in total. The maximum Gasteiger partial charge on any atom is 0.262 e. The summed E-state index contributed by atoms with van der Waals surface area (Å²) in [6.45, 7) is 4.51. The summed E-state index contributed by atoms with van der Waals surface area (Å²) in [6.07, 6.45) is 1.69. The van der Waals surface area contributed by atoms with E-state index in [1.807, 2.05) is 48.5 Å². The third kappa shape index (κ3) is 6.19. The Morgan fingerprint density at radius 1 is 0.806 bits per heavy atom. The Bertz CT molecular complexity index is 992. The molecule has 0 aliphatic heterocycles. The van der Waals surface area contributed by atoms with Crippen LogP contribution in [0.3, 0.4) is 0 Å². The molecule has 0 aliphatic carbocycles. The molecule has 0 bridgehead atoms. The van der Waals surface area contributed by atoms with Gasteiger partial charge in [0.2, 0.25) is 0 Å². The lowest BCUT2D eigenvalue weighted by Crippen LogP contribution is -2.23. The predicted molar refractivity (Wildman–Crippen MR) is 123 cm³/mol. The summed E-state index contributed by atoms with van der Waals surface area (Å²) >= 11 is 0. The number of nitrogens with one attached hydrogen (secondary N) is 2. The van der Waals surface area contributed by atoms with Crippen molar-refractivity contribution >= 4 is 17.5 Å². The van der Waals surface area contributed by atoms with Crippen molar-refractivity contribution in [3.63, 3.8) is 0 Å². The fraction of sp³-hybridized carbons (Fsp3) is 0.231. The van der Waals surface area contributed by atoms with Crippen LogP contribution in [0.1, 0.15) is 40.9 Å². The van der Waals surface area contributed by atoms with E-state index in [9.17, 15) is 9.59 Å². The second-order valence-corrected chi connectivity index (χ2v) is 7.19. The summed E-state index contributed by atoms with van der Waals surface area (Å²) in [5.41, 5.74) is 4.68. The summed E-state index contributed by atoms with van der Waals surface area (Å²) in [7, 11) is 0. The van der Waals surface area contributed by atoms with Gasteiger partial charge in [0.15, 0.2) is 6.61 Å². The van der Waals surface area contributed by atoms with Crippen molar-refractivity contribution in [1.82, 2.24) is 5.32 Å². The first kappa shape index (κ1) is 22.1. The Hall–Kier alpha value is -3.60. The lowest BCUT2D eigenvalue weighted by atomic mass is 10.0. The summed E-state index contributed by atoms with van der Waals surface area (Å²) in [5.74, 6) is 0.172. The van der Waals surface area contributed by atoms with Crippen LogP contribution in [0.25, 0.3) is 0 Å². The van der Waals surface area contributed by atoms with Gasteiger partial charge in [0.05, 0.1) is 0 Å². The van der Waals surface area contributed by atoms with Crippen LogP contribution in [0.4, 0.5) is 5.69 Å². The van der Waals surface area contributed by atoms with Crippen LogP contribution in [-0.4, -0.2) is 18.4 Å². The molecule has 3 aromatic carbocycles. The van der Waals surface area contributed by atoms with Crippen molar-refractivity contribution in [3.05, 3.63) is 95.1 Å². The van der Waals surface area contributed by atoms with Crippen LogP contribution in [0, 0.1) is 0 Å². The average Bonchev–Trinajstić information content (AvgIpc) is 2.82. The van der Waals surface area contributed by atoms with Crippen LogP contribution in [0.15, 0.2) is 72.8 Å². The molecule has 0 spiro atoms. The quantitative estimate of drug-likeness (QED) is 0.529. The molecule has 3 rings (SSSR count). The molecule has 0 unspecified atom stereocenters. The largest absolute Gasteiger partial charge is 0.484 e. The number of aryl methyl sites for hydroxylation is 2. The molecule has 0 fully saturated rings. The van der Waals surface area contributed by atoms with Crippen molar-refractivity contribution in [2.75, 3.05) is 11.9 Å². The second-order valence-electron chi connectivity index (χ2n) is 7.19. The number of para-hydroxylation sites is 1. The molecule has 0 aromatic heterocycles.